The summed E-state index contributed by atoms with van der Waals surface area (Å²) in [5.41, 5.74) is 1.94. The van der Waals surface area contributed by atoms with Gasteiger partial charge in [-0.1, -0.05) is 24.3 Å². The van der Waals surface area contributed by atoms with Crippen LogP contribution in [0.5, 0.6) is 0 Å². The molecule has 0 fully saturated rings. The molecule has 5 nitrogen and oxygen atoms in total. The minimum Gasteiger partial charge on any atom is -0.390 e. The molecule has 1 heterocycles. The maximum Gasteiger partial charge on any atom is 0.147 e. The van der Waals surface area contributed by atoms with Gasteiger partial charge in [0.1, 0.15) is 12.2 Å². The molecule has 2 aromatic rings. The van der Waals surface area contributed by atoms with Crippen molar-refractivity contribution in [1.82, 2.24) is 19.7 Å². The zero-order valence-electron chi connectivity index (χ0n) is 15.5. The molecule has 0 atom stereocenters. The Morgan fingerprint density at radius 2 is 1.75 bits per heavy atom. The Balaban J connectivity index is 1.90. The minimum atomic E-state index is -0.606. The van der Waals surface area contributed by atoms with Gasteiger partial charge in [-0.25, -0.2) is 0 Å². The fourth-order valence-electron chi connectivity index (χ4n) is 2.68. The van der Waals surface area contributed by atoms with E-state index in [0.29, 0.717) is 6.04 Å². The fourth-order valence-corrected chi connectivity index (χ4v) is 2.68. The van der Waals surface area contributed by atoms with Gasteiger partial charge >= 0.3 is 0 Å². The lowest BCUT2D eigenvalue weighted by Crippen LogP contribution is -2.21. The topological polar surface area (TPSA) is 54.2 Å². The first-order valence-corrected chi connectivity index (χ1v) is 8.62. The van der Waals surface area contributed by atoms with Crippen LogP contribution < -0.4 is 0 Å². The molecule has 1 aromatic carbocycles. The maximum absolute atomic E-state index is 9.82. The van der Waals surface area contributed by atoms with E-state index in [1.807, 2.05) is 13.8 Å². The van der Waals surface area contributed by atoms with Crippen LogP contribution in [0.1, 0.15) is 57.1 Å². The first-order valence-electron chi connectivity index (χ1n) is 8.62. The Morgan fingerprint density at radius 1 is 1.12 bits per heavy atom. The van der Waals surface area contributed by atoms with Gasteiger partial charge in [-0.2, -0.15) is 0 Å². The molecular formula is C19H30N4O. The molecule has 0 unspecified atom stereocenters. The van der Waals surface area contributed by atoms with Crippen LogP contribution in [-0.4, -0.2) is 37.4 Å². The highest BCUT2D eigenvalue weighted by Gasteiger charge is 2.13. The standard InChI is InChI=1S/C19H30N4O/c1-15(2)23-14-20-21-18(23)13-22(5)12-17-8-6-16(7-9-17)10-11-19(3,4)24/h6-9,14-15,24H,10-13H2,1-5H3. The number of nitrogens with zero attached hydrogens (tertiary/aromatic N) is 4. The number of hydrogen-bond donors (Lipinski definition) is 1. The third kappa shape index (κ3) is 5.73. The second-order valence-electron chi connectivity index (χ2n) is 7.55. The Bertz CT molecular complexity index is 626. The van der Waals surface area contributed by atoms with Gasteiger partial charge in [0, 0.05) is 12.6 Å². The second kappa shape index (κ2) is 7.90. The maximum atomic E-state index is 9.82. The van der Waals surface area contributed by atoms with Crippen molar-refractivity contribution in [3.05, 3.63) is 47.5 Å². The van der Waals surface area contributed by atoms with Crippen molar-refractivity contribution in [2.24, 2.45) is 0 Å². The lowest BCUT2D eigenvalue weighted by atomic mass is 9.98. The number of aliphatic hydroxyl groups is 1. The smallest absolute Gasteiger partial charge is 0.147 e. The van der Waals surface area contributed by atoms with Gasteiger partial charge in [0.2, 0.25) is 0 Å². The Morgan fingerprint density at radius 3 is 2.33 bits per heavy atom. The summed E-state index contributed by atoms with van der Waals surface area (Å²) in [5, 5.41) is 18.1. The minimum absolute atomic E-state index is 0.374. The van der Waals surface area contributed by atoms with Gasteiger partial charge in [0.15, 0.2) is 0 Å². The third-order valence-electron chi connectivity index (χ3n) is 4.12. The van der Waals surface area contributed by atoms with Crippen LogP contribution in [-0.2, 0) is 19.5 Å². The number of aromatic nitrogens is 3. The summed E-state index contributed by atoms with van der Waals surface area (Å²) in [5.74, 6) is 0.995. The molecule has 0 spiro atoms. The molecule has 0 saturated carbocycles. The number of hydrogen-bond acceptors (Lipinski definition) is 4. The molecule has 0 aliphatic carbocycles. The molecule has 1 aromatic heterocycles. The summed E-state index contributed by atoms with van der Waals surface area (Å²) >= 11 is 0. The molecule has 2 rings (SSSR count). The van der Waals surface area contributed by atoms with E-state index in [1.165, 1.54) is 11.1 Å². The first-order chi connectivity index (χ1) is 11.2. The highest BCUT2D eigenvalue weighted by molar-refractivity contribution is 5.22. The molecule has 0 aliphatic rings. The van der Waals surface area contributed by atoms with Crippen LogP contribution in [0.2, 0.25) is 0 Å². The molecule has 5 heteroatoms. The summed E-state index contributed by atoms with van der Waals surface area (Å²) in [6.07, 6.45) is 3.47. The Kier molecular flexibility index (Phi) is 6.13. The molecular weight excluding hydrogens is 300 g/mol. The molecule has 132 valence electrons. The molecule has 0 bridgehead atoms. The van der Waals surface area contributed by atoms with E-state index in [1.54, 1.807) is 6.33 Å². The molecule has 24 heavy (non-hydrogen) atoms. The van der Waals surface area contributed by atoms with E-state index in [2.05, 4.69) is 64.8 Å². The van der Waals surface area contributed by atoms with Gasteiger partial charge in [-0.15, -0.1) is 10.2 Å². The first kappa shape index (κ1) is 18.6. The number of aryl methyl sites for hydroxylation is 1. The SMILES string of the molecule is CC(C)n1cnnc1CN(C)Cc1ccc(CCC(C)(C)O)cc1. The van der Waals surface area contributed by atoms with E-state index in [4.69, 9.17) is 0 Å². The third-order valence-corrected chi connectivity index (χ3v) is 4.12. The summed E-state index contributed by atoms with van der Waals surface area (Å²) in [6, 6.07) is 9.03. The van der Waals surface area contributed by atoms with Crippen molar-refractivity contribution in [1.29, 1.82) is 0 Å². The average Bonchev–Trinajstić information content (AvgIpc) is 2.94. The summed E-state index contributed by atoms with van der Waals surface area (Å²) in [6.45, 7) is 9.63. The van der Waals surface area contributed by atoms with Crippen molar-refractivity contribution in [2.45, 2.75) is 65.3 Å². The van der Waals surface area contributed by atoms with E-state index >= 15 is 0 Å². The van der Waals surface area contributed by atoms with Crippen molar-refractivity contribution < 1.29 is 5.11 Å². The van der Waals surface area contributed by atoms with Crippen LogP contribution >= 0.6 is 0 Å². The molecule has 0 aliphatic heterocycles. The van der Waals surface area contributed by atoms with Gasteiger partial charge in [0.25, 0.3) is 0 Å². The van der Waals surface area contributed by atoms with E-state index in [9.17, 15) is 5.11 Å². The quantitative estimate of drug-likeness (QED) is 0.807. The number of benzene rings is 1. The normalized spacial score (nSPS) is 12.3. The summed E-state index contributed by atoms with van der Waals surface area (Å²) < 4.78 is 2.11. The van der Waals surface area contributed by atoms with Crippen LogP contribution in [0, 0.1) is 0 Å². The summed E-state index contributed by atoms with van der Waals surface area (Å²) in [7, 11) is 2.10. The van der Waals surface area contributed by atoms with Crippen molar-refractivity contribution in [2.75, 3.05) is 7.05 Å². The zero-order valence-corrected chi connectivity index (χ0v) is 15.5. The van der Waals surface area contributed by atoms with Gasteiger partial charge in [-0.05, 0) is 58.7 Å². The molecule has 0 radical (unpaired) electrons. The zero-order chi connectivity index (χ0) is 17.7. The highest BCUT2D eigenvalue weighted by Crippen LogP contribution is 2.15. The molecule has 0 amide bonds. The predicted octanol–water partition coefficient (Wildman–Crippen LogP) is 3.19. The van der Waals surface area contributed by atoms with Gasteiger partial charge in [-0.3, -0.25) is 4.90 Å². The van der Waals surface area contributed by atoms with Crippen LogP contribution in [0.4, 0.5) is 0 Å². The summed E-state index contributed by atoms with van der Waals surface area (Å²) in [4.78, 5) is 2.24. The monoisotopic (exact) mass is 330 g/mol. The van der Waals surface area contributed by atoms with Crippen LogP contribution in [0.25, 0.3) is 0 Å². The molecule has 0 saturated heterocycles. The van der Waals surface area contributed by atoms with E-state index in [0.717, 1.165) is 31.8 Å². The predicted molar refractivity (Wildman–Crippen MR) is 96.6 cm³/mol. The largest absolute Gasteiger partial charge is 0.390 e. The van der Waals surface area contributed by atoms with Crippen molar-refractivity contribution >= 4 is 0 Å². The number of rotatable bonds is 8. The lowest BCUT2D eigenvalue weighted by Gasteiger charge is -2.19. The highest BCUT2D eigenvalue weighted by atomic mass is 16.3. The molecule has 1 N–H and O–H groups in total. The van der Waals surface area contributed by atoms with Crippen LogP contribution in [0.15, 0.2) is 30.6 Å². The lowest BCUT2D eigenvalue weighted by molar-refractivity contribution is 0.0714. The van der Waals surface area contributed by atoms with Crippen LogP contribution in [0.3, 0.4) is 0 Å². The van der Waals surface area contributed by atoms with E-state index in [-0.39, 0.29) is 0 Å². The fraction of sp³-hybridized carbons (Fsp3) is 0.579. The Labute approximate surface area is 145 Å². The van der Waals surface area contributed by atoms with Gasteiger partial charge < -0.3 is 9.67 Å². The Hall–Kier alpha value is -1.72. The van der Waals surface area contributed by atoms with Crippen molar-refractivity contribution in [3.8, 4) is 0 Å². The van der Waals surface area contributed by atoms with Crippen molar-refractivity contribution in [3.63, 3.8) is 0 Å². The van der Waals surface area contributed by atoms with Gasteiger partial charge in [0.05, 0.1) is 12.1 Å². The average molecular weight is 330 g/mol. The second-order valence-corrected chi connectivity index (χ2v) is 7.55. The van der Waals surface area contributed by atoms with E-state index < -0.39 is 5.60 Å².